The van der Waals surface area contributed by atoms with E-state index in [1.54, 1.807) is 6.92 Å². The predicted molar refractivity (Wildman–Crippen MR) is 133 cm³/mol. The molecule has 9 heteroatoms. The molecule has 1 saturated carbocycles. The third kappa shape index (κ3) is 4.52. The van der Waals surface area contributed by atoms with Crippen molar-refractivity contribution < 1.29 is 23.9 Å². The lowest BCUT2D eigenvalue weighted by Crippen LogP contribution is -2.60. The Balaban J connectivity index is 1.33. The number of fused-ring (bicyclic) bond motifs is 1. The first-order valence-electron chi connectivity index (χ1n) is 13.9. The Labute approximate surface area is 214 Å². The lowest BCUT2D eigenvalue weighted by Gasteiger charge is -2.43. The summed E-state index contributed by atoms with van der Waals surface area (Å²) < 4.78 is 5.84. The molecule has 0 spiro atoms. The van der Waals surface area contributed by atoms with Gasteiger partial charge in [-0.3, -0.25) is 19.2 Å². The van der Waals surface area contributed by atoms with Crippen molar-refractivity contribution in [2.45, 2.75) is 101 Å². The smallest absolute Gasteiger partial charge is 0.240 e. The number of ether oxygens (including phenoxy) is 1. The fourth-order valence-corrected chi connectivity index (χ4v) is 8.07. The van der Waals surface area contributed by atoms with Gasteiger partial charge < -0.3 is 25.2 Å². The second kappa shape index (κ2) is 10.5. The molecule has 9 unspecified atom stereocenters. The topological polar surface area (TPSA) is 108 Å². The molecule has 0 radical (unpaired) electrons. The molecule has 0 aromatic rings. The van der Waals surface area contributed by atoms with E-state index in [1.165, 1.54) is 0 Å². The highest BCUT2D eigenvalue weighted by Gasteiger charge is 2.54. The van der Waals surface area contributed by atoms with E-state index in [1.807, 2.05) is 23.9 Å². The summed E-state index contributed by atoms with van der Waals surface area (Å²) in [5.74, 6) is 1.01. The van der Waals surface area contributed by atoms with Gasteiger partial charge in [-0.25, -0.2) is 0 Å². The number of carbonyl (C=O) groups is 4. The van der Waals surface area contributed by atoms with Crippen LogP contribution in [-0.4, -0.2) is 96.7 Å². The minimum absolute atomic E-state index is 0.0275. The Hall–Kier alpha value is -1.84. The van der Waals surface area contributed by atoms with Crippen molar-refractivity contribution in [1.29, 1.82) is 0 Å². The molecule has 1 aliphatic carbocycles. The number of rotatable bonds is 6. The SMILES string of the molecule is CNC1CCCC2COCC(C(=O)CC3CC4CCC(NC)C(=O)N5C(C(C)=O)CC(C3)C45)N2C1=O. The van der Waals surface area contributed by atoms with Gasteiger partial charge in [-0.2, -0.15) is 0 Å². The highest BCUT2D eigenvalue weighted by molar-refractivity contribution is 5.92. The maximum Gasteiger partial charge on any atom is 0.240 e. The van der Waals surface area contributed by atoms with Crippen LogP contribution in [0.1, 0.15) is 64.7 Å². The van der Waals surface area contributed by atoms with Crippen molar-refractivity contribution in [2.75, 3.05) is 27.3 Å². The van der Waals surface area contributed by atoms with Gasteiger partial charge in [-0.15, -0.1) is 0 Å². The lowest BCUT2D eigenvalue weighted by molar-refractivity contribution is -0.154. The Morgan fingerprint density at radius 2 is 1.56 bits per heavy atom. The number of hydrogen-bond donors (Lipinski definition) is 2. The van der Waals surface area contributed by atoms with Crippen LogP contribution >= 0.6 is 0 Å². The summed E-state index contributed by atoms with van der Waals surface area (Å²) in [4.78, 5) is 56.6. The van der Waals surface area contributed by atoms with E-state index >= 15 is 0 Å². The van der Waals surface area contributed by atoms with Crippen molar-refractivity contribution in [2.24, 2.45) is 17.8 Å². The van der Waals surface area contributed by atoms with Gasteiger partial charge in [0.25, 0.3) is 0 Å². The van der Waals surface area contributed by atoms with Crippen LogP contribution in [0.5, 0.6) is 0 Å². The van der Waals surface area contributed by atoms with Crippen LogP contribution in [-0.2, 0) is 23.9 Å². The fourth-order valence-electron chi connectivity index (χ4n) is 8.07. The lowest BCUT2D eigenvalue weighted by atomic mass is 9.69. The van der Waals surface area contributed by atoms with E-state index in [-0.39, 0.29) is 72.0 Å². The van der Waals surface area contributed by atoms with Gasteiger partial charge in [-0.1, -0.05) is 0 Å². The number of Topliss-reactive ketones (excluding diaryl/α,β-unsaturated/α-hetero) is 2. The largest absolute Gasteiger partial charge is 0.377 e. The minimum atomic E-state index is -0.516. The average Bonchev–Trinajstić information content (AvgIpc) is 3.09. The van der Waals surface area contributed by atoms with Crippen molar-refractivity contribution >= 4 is 23.4 Å². The number of hydrogen-bond acceptors (Lipinski definition) is 7. The molecule has 5 fully saturated rings. The predicted octanol–water partition coefficient (Wildman–Crippen LogP) is 0.896. The standard InChI is InChI=1S/C27H42N4O5/c1-15(32)22-12-18-10-16(9-17-7-8-21(29-3)27(35)31(22)25(17)18)11-24(33)23-14-36-13-19-5-4-6-20(28-2)26(34)30(19)23/h16-23,25,28-29H,4-14H2,1-3H3. The fraction of sp³-hybridized carbons (Fsp3) is 0.852. The minimum Gasteiger partial charge on any atom is -0.377 e. The molecular formula is C27H42N4O5. The summed E-state index contributed by atoms with van der Waals surface area (Å²) in [7, 11) is 3.63. The average molecular weight is 503 g/mol. The summed E-state index contributed by atoms with van der Waals surface area (Å²) in [5, 5.41) is 6.30. The van der Waals surface area contributed by atoms with Gasteiger partial charge in [0.05, 0.1) is 37.4 Å². The molecule has 9 atom stereocenters. The maximum atomic E-state index is 13.7. The van der Waals surface area contributed by atoms with Crippen molar-refractivity contribution in [3.63, 3.8) is 0 Å². The zero-order valence-corrected chi connectivity index (χ0v) is 21.9. The van der Waals surface area contributed by atoms with Crippen molar-refractivity contribution in [3.05, 3.63) is 0 Å². The number of ketones is 2. The number of carbonyl (C=O) groups excluding carboxylic acids is 4. The summed E-state index contributed by atoms with van der Waals surface area (Å²) in [6.07, 6.45) is 7.16. The Bertz CT molecular complexity index is 895. The van der Waals surface area contributed by atoms with Crippen LogP contribution in [0, 0.1) is 17.8 Å². The quantitative estimate of drug-likeness (QED) is 0.556. The number of nitrogens with zero attached hydrogens (tertiary/aromatic N) is 2. The van der Waals surface area contributed by atoms with E-state index in [4.69, 9.17) is 4.74 Å². The zero-order chi connectivity index (χ0) is 25.6. The van der Waals surface area contributed by atoms with Gasteiger partial charge in [0.15, 0.2) is 11.6 Å². The van der Waals surface area contributed by atoms with Crippen LogP contribution in [0.25, 0.3) is 0 Å². The summed E-state index contributed by atoms with van der Waals surface area (Å²) in [6.45, 7) is 2.38. The molecule has 9 nitrogen and oxygen atoms in total. The molecule has 5 aliphatic rings. The van der Waals surface area contributed by atoms with Gasteiger partial charge in [0.1, 0.15) is 6.04 Å². The highest BCUT2D eigenvalue weighted by Crippen LogP contribution is 2.49. The number of amides is 2. The van der Waals surface area contributed by atoms with E-state index in [9.17, 15) is 19.2 Å². The number of nitrogens with one attached hydrogen (secondary N) is 2. The van der Waals surface area contributed by atoms with Crippen LogP contribution in [0.15, 0.2) is 0 Å². The third-order valence-electron chi connectivity index (χ3n) is 9.73. The Kier molecular flexibility index (Phi) is 7.52. The van der Waals surface area contributed by atoms with Crippen molar-refractivity contribution in [3.8, 4) is 0 Å². The van der Waals surface area contributed by atoms with Crippen molar-refractivity contribution in [1.82, 2.24) is 20.4 Å². The second-order valence-electron chi connectivity index (χ2n) is 11.8. The summed E-state index contributed by atoms with van der Waals surface area (Å²) >= 11 is 0. The first kappa shape index (κ1) is 25.8. The molecule has 5 rings (SSSR count). The molecule has 4 heterocycles. The zero-order valence-electron chi connectivity index (χ0n) is 21.9. The highest BCUT2D eigenvalue weighted by atomic mass is 16.5. The molecule has 36 heavy (non-hydrogen) atoms. The van der Waals surface area contributed by atoms with Gasteiger partial charge in [0, 0.05) is 12.5 Å². The van der Waals surface area contributed by atoms with E-state index in [0.717, 1.165) is 44.9 Å². The van der Waals surface area contributed by atoms with Crippen LogP contribution < -0.4 is 10.6 Å². The number of morpholine rings is 1. The molecule has 2 N–H and O–H groups in total. The molecule has 2 amide bonds. The normalized spacial score (nSPS) is 40.8. The van der Waals surface area contributed by atoms with E-state index in [0.29, 0.717) is 25.4 Å². The van der Waals surface area contributed by atoms with Crippen LogP contribution in [0.3, 0.4) is 0 Å². The van der Waals surface area contributed by atoms with Gasteiger partial charge in [-0.05, 0) is 90.1 Å². The molecule has 4 saturated heterocycles. The summed E-state index contributed by atoms with van der Waals surface area (Å²) in [5.41, 5.74) is 0. The summed E-state index contributed by atoms with van der Waals surface area (Å²) in [6, 6.07) is -1.28. The maximum absolute atomic E-state index is 13.7. The first-order valence-corrected chi connectivity index (χ1v) is 13.9. The Morgan fingerprint density at radius 1 is 0.861 bits per heavy atom. The van der Waals surface area contributed by atoms with E-state index < -0.39 is 6.04 Å². The van der Waals surface area contributed by atoms with Crippen LogP contribution in [0.2, 0.25) is 0 Å². The van der Waals surface area contributed by atoms with E-state index in [2.05, 4.69) is 10.6 Å². The molecule has 0 aromatic carbocycles. The first-order chi connectivity index (χ1) is 17.3. The third-order valence-corrected chi connectivity index (χ3v) is 9.73. The molecule has 0 aromatic heterocycles. The number of likely N-dealkylation sites (N-methyl/N-ethyl adjacent to an activating group) is 2. The monoisotopic (exact) mass is 502 g/mol. The molecule has 4 aliphatic heterocycles. The molecule has 200 valence electrons. The van der Waals surface area contributed by atoms with Gasteiger partial charge >= 0.3 is 0 Å². The molecular weight excluding hydrogens is 460 g/mol. The Morgan fingerprint density at radius 3 is 2.28 bits per heavy atom. The molecule has 0 bridgehead atoms. The second-order valence-corrected chi connectivity index (χ2v) is 11.8. The van der Waals surface area contributed by atoms with Crippen LogP contribution in [0.4, 0.5) is 0 Å². The van der Waals surface area contributed by atoms with Gasteiger partial charge in [0.2, 0.25) is 11.8 Å².